The summed E-state index contributed by atoms with van der Waals surface area (Å²) >= 11 is 1.40. The van der Waals surface area contributed by atoms with Gasteiger partial charge in [0.25, 0.3) is 0 Å². The molecule has 0 saturated carbocycles. The van der Waals surface area contributed by atoms with Gasteiger partial charge in [-0.3, -0.25) is 15.1 Å². The fourth-order valence-corrected chi connectivity index (χ4v) is 1.63. The molecule has 0 unspecified atom stereocenters. The van der Waals surface area contributed by atoms with Crippen molar-refractivity contribution in [3.8, 4) is 0 Å². The first kappa shape index (κ1) is 10.8. The molecule has 0 radical (unpaired) electrons. The van der Waals surface area contributed by atoms with Gasteiger partial charge in [0, 0.05) is 18.7 Å². The van der Waals surface area contributed by atoms with Crippen LogP contribution in [-0.4, -0.2) is 9.91 Å². The SMILES string of the molecule is CC(C)CC(=Cc1cncs1)[N+](=O)[O-]. The van der Waals surface area contributed by atoms with E-state index >= 15 is 0 Å². The van der Waals surface area contributed by atoms with E-state index in [9.17, 15) is 10.1 Å². The summed E-state index contributed by atoms with van der Waals surface area (Å²) in [4.78, 5) is 15.1. The Kier molecular flexibility index (Phi) is 3.76. The molecule has 14 heavy (non-hydrogen) atoms. The second-order valence-corrected chi connectivity index (χ2v) is 4.31. The summed E-state index contributed by atoms with van der Waals surface area (Å²) in [5.41, 5.74) is 1.92. The maximum Gasteiger partial charge on any atom is 0.247 e. The van der Waals surface area contributed by atoms with Gasteiger partial charge in [0.1, 0.15) is 0 Å². The van der Waals surface area contributed by atoms with Crippen LogP contribution in [-0.2, 0) is 0 Å². The molecule has 0 aliphatic heterocycles. The maximum absolute atomic E-state index is 10.7. The Morgan fingerprint density at radius 2 is 2.50 bits per heavy atom. The number of nitro groups is 1. The molecule has 1 aromatic rings. The molecule has 0 aromatic carbocycles. The standard InChI is InChI=1S/C9H12N2O2S/c1-7(2)3-8(11(12)13)4-9-5-10-6-14-9/h4-7H,3H2,1-2H3. The first-order chi connectivity index (χ1) is 6.59. The normalized spacial score (nSPS) is 12.1. The number of hydrogen-bond acceptors (Lipinski definition) is 4. The van der Waals surface area contributed by atoms with Crippen LogP contribution >= 0.6 is 11.3 Å². The van der Waals surface area contributed by atoms with Gasteiger partial charge in [-0.2, -0.15) is 0 Å². The summed E-state index contributed by atoms with van der Waals surface area (Å²) in [6.07, 6.45) is 3.72. The summed E-state index contributed by atoms with van der Waals surface area (Å²) in [5, 5.41) is 10.7. The quantitative estimate of drug-likeness (QED) is 0.569. The molecule has 0 amide bonds. The van der Waals surface area contributed by atoms with Crippen LogP contribution in [0.25, 0.3) is 6.08 Å². The van der Waals surface area contributed by atoms with Crippen LogP contribution in [0.5, 0.6) is 0 Å². The molecular weight excluding hydrogens is 200 g/mol. The van der Waals surface area contributed by atoms with E-state index in [1.165, 1.54) is 11.3 Å². The Labute approximate surface area is 86.4 Å². The summed E-state index contributed by atoms with van der Waals surface area (Å²) in [6.45, 7) is 3.92. The highest BCUT2D eigenvalue weighted by Gasteiger charge is 2.13. The van der Waals surface area contributed by atoms with Gasteiger partial charge in [0.2, 0.25) is 5.70 Å². The fraction of sp³-hybridized carbons (Fsp3) is 0.444. The molecule has 1 aromatic heterocycles. The highest BCUT2D eigenvalue weighted by atomic mass is 32.1. The molecule has 5 heteroatoms. The molecule has 1 rings (SSSR count). The predicted molar refractivity (Wildman–Crippen MR) is 56.5 cm³/mol. The highest BCUT2D eigenvalue weighted by molar-refractivity contribution is 7.10. The van der Waals surface area contributed by atoms with Crippen molar-refractivity contribution < 1.29 is 4.92 Å². The van der Waals surface area contributed by atoms with Crippen LogP contribution in [0, 0.1) is 16.0 Å². The Morgan fingerprint density at radius 3 is 2.93 bits per heavy atom. The Bertz CT molecular complexity index is 331. The number of rotatable bonds is 4. The van der Waals surface area contributed by atoms with E-state index in [4.69, 9.17) is 0 Å². The van der Waals surface area contributed by atoms with Crippen molar-refractivity contribution in [2.24, 2.45) is 5.92 Å². The minimum absolute atomic E-state index is 0.254. The smallest absolute Gasteiger partial charge is 0.247 e. The zero-order chi connectivity index (χ0) is 10.6. The molecular formula is C9H12N2O2S. The molecule has 0 aliphatic rings. The van der Waals surface area contributed by atoms with Gasteiger partial charge >= 0.3 is 0 Å². The first-order valence-corrected chi connectivity index (χ1v) is 5.21. The summed E-state index contributed by atoms with van der Waals surface area (Å²) in [7, 11) is 0. The number of nitrogens with zero attached hydrogens (tertiary/aromatic N) is 2. The van der Waals surface area contributed by atoms with E-state index in [-0.39, 0.29) is 10.6 Å². The Morgan fingerprint density at radius 1 is 1.79 bits per heavy atom. The van der Waals surface area contributed by atoms with Crippen LogP contribution in [0.2, 0.25) is 0 Å². The van der Waals surface area contributed by atoms with Crippen molar-refractivity contribution in [1.82, 2.24) is 4.98 Å². The van der Waals surface area contributed by atoms with Crippen LogP contribution in [0.15, 0.2) is 17.4 Å². The van der Waals surface area contributed by atoms with Gasteiger partial charge in [0.05, 0.1) is 15.3 Å². The average Bonchev–Trinajstić information content (AvgIpc) is 2.54. The van der Waals surface area contributed by atoms with Crippen LogP contribution in [0.4, 0.5) is 0 Å². The van der Waals surface area contributed by atoms with Gasteiger partial charge in [-0.05, 0) is 5.92 Å². The van der Waals surface area contributed by atoms with Crippen molar-refractivity contribution >= 4 is 17.4 Å². The molecule has 0 spiro atoms. The first-order valence-electron chi connectivity index (χ1n) is 4.33. The third-order valence-corrected chi connectivity index (χ3v) is 2.33. The molecule has 0 saturated heterocycles. The molecule has 0 N–H and O–H groups in total. The summed E-state index contributed by atoms with van der Waals surface area (Å²) < 4.78 is 0. The second-order valence-electron chi connectivity index (χ2n) is 3.39. The minimum Gasteiger partial charge on any atom is -0.259 e. The molecule has 1 heterocycles. The highest BCUT2D eigenvalue weighted by Crippen LogP contribution is 2.17. The van der Waals surface area contributed by atoms with Gasteiger partial charge in [-0.15, -0.1) is 11.3 Å². The number of allylic oxidation sites excluding steroid dienone is 1. The molecule has 0 bridgehead atoms. The molecule has 0 atom stereocenters. The van der Waals surface area contributed by atoms with E-state index in [0.29, 0.717) is 12.3 Å². The van der Waals surface area contributed by atoms with Gasteiger partial charge in [-0.25, -0.2) is 0 Å². The Hall–Kier alpha value is -1.23. The lowest BCUT2D eigenvalue weighted by atomic mass is 10.1. The van der Waals surface area contributed by atoms with Crippen molar-refractivity contribution in [3.05, 3.63) is 32.4 Å². The monoisotopic (exact) mass is 212 g/mol. The molecule has 76 valence electrons. The van der Waals surface area contributed by atoms with E-state index < -0.39 is 0 Å². The van der Waals surface area contributed by atoms with E-state index in [1.54, 1.807) is 17.8 Å². The second kappa shape index (κ2) is 4.85. The fourth-order valence-electron chi connectivity index (χ4n) is 1.07. The number of hydrogen-bond donors (Lipinski definition) is 0. The van der Waals surface area contributed by atoms with Crippen LogP contribution in [0.3, 0.4) is 0 Å². The van der Waals surface area contributed by atoms with Crippen molar-refractivity contribution in [2.45, 2.75) is 20.3 Å². The Balaban J connectivity index is 2.82. The molecule has 0 fully saturated rings. The van der Waals surface area contributed by atoms with E-state index in [2.05, 4.69) is 4.98 Å². The number of aromatic nitrogens is 1. The zero-order valence-electron chi connectivity index (χ0n) is 8.14. The van der Waals surface area contributed by atoms with Crippen LogP contribution < -0.4 is 0 Å². The van der Waals surface area contributed by atoms with Crippen molar-refractivity contribution in [1.29, 1.82) is 0 Å². The van der Waals surface area contributed by atoms with Crippen molar-refractivity contribution in [3.63, 3.8) is 0 Å². The van der Waals surface area contributed by atoms with Gasteiger partial charge in [-0.1, -0.05) is 13.8 Å². The minimum atomic E-state index is -0.320. The summed E-state index contributed by atoms with van der Waals surface area (Å²) in [5.74, 6) is 0.291. The average molecular weight is 212 g/mol. The van der Waals surface area contributed by atoms with Crippen molar-refractivity contribution in [2.75, 3.05) is 0 Å². The lowest BCUT2D eigenvalue weighted by Gasteiger charge is -2.00. The van der Waals surface area contributed by atoms with Gasteiger partial charge < -0.3 is 0 Å². The topological polar surface area (TPSA) is 56.0 Å². The van der Waals surface area contributed by atoms with Gasteiger partial charge in [0.15, 0.2) is 0 Å². The predicted octanol–water partition coefficient (Wildman–Crippen LogP) is 2.81. The third-order valence-electron chi connectivity index (χ3n) is 1.61. The van der Waals surface area contributed by atoms with E-state index in [1.807, 2.05) is 13.8 Å². The third kappa shape index (κ3) is 3.26. The number of thiazole rings is 1. The summed E-state index contributed by atoms with van der Waals surface area (Å²) in [6, 6.07) is 0. The zero-order valence-corrected chi connectivity index (χ0v) is 8.95. The molecule has 0 aliphatic carbocycles. The molecule has 4 nitrogen and oxygen atoms in total. The van der Waals surface area contributed by atoms with E-state index in [0.717, 1.165) is 4.88 Å². The lowest BCUT2D eigenvalue weighted by molar-refractivity contribution is -0.427. The lowest BCUT2D eigenvalue weighted by Crippen LogP contribution is -2.01. The van der Waals surface area contributed by atoms with Crippen LogP contribution in [0.1, 0.15) is 25.1 Å². The largest absolute Gasteiger partial charge is 0.259 e. The maximum atomic E-state index is 10.7.